The number of rotatable bonds is 3. The molecule has 4 rings (SSSR count). The first-order chi connectivity index (χ1) is 12.7. The van der Waals surface area contributed by atoms with Crippen molar-refractivity contribution in [2.24, 2.45) is 10.2 Å². The summed E-state index contributed by atoms with van der Waals surface area (Å²) in [6.45, 7) is 1.92. The van der Waals surface area contributed by atoms with E-state index in [1.807, 2.05) is 73.7 Å². The van der Waals surface area contributed by atoms with Crippen molar-refractivity contribution in [2.75, 3.05) is 0 Å². The van der Waals surface area contributed by atoms with Gasteiger partial charge in [-0.1, -0.05) is 60.7 Å². The molecule has 0 aliphatic rings. The highest BCUT2D eigenvalue weighted by atomic mass is 16.3. The van der Waals surface area contributed by atoms with Crippen molar-refractivity contribution in [3.8, 4) is 17.0 Å². The molecule has 0 aliphatic heterocycles. The monoisotopic (exact) mass is 340 g/mol. The molecule has 3 aromatic carbocycles. The third-order valence-corrected chi connectivity index (χ3v) is 4.15. The van der Waals surface area contributed by atoms with Crippen LogP contribution in [0.2, 0.25) is 0 Å². The molecule has 5 nitrogen and oxygen atoms in total. The minimum atomic E-state index is 0.0824. The minimum absolute atomic E-state index is 0.0824. The molecule has 0 spiro atoms. The predicted molar refractivity (Wildman–Crippen MR) is 102 cm³/mol. The lowest BCUT2D eigenvalue weighted by Crippen LogP contribution is -1.90. The van der Waals surface area contributed by atoms with Gasteiger partial charge < -0.3 is 5.11 Å². The predicted octanol–water partition coefficient (Wildman–Crippen LogP) is 5.73. The van der Waals surface area contributed by atoms with Gasteiger partial charge in [0.15, 0.2) is 5.82 Å². The second-order valence-electron chi connectivity index (χ2n) is 5.96. The van der Waals surface area contributed by atoms with E-state index in [4.69, 9.17) is 0 Å². The second-order valence-corrected chi connectivity index (χ2v) is 5.96. The first-order valence-corrected chi connectivity index (χ1v) is 8.24. The van der Waals surface area contributed by atoms with Crippen LogP contribution in [0, 0.1) is 6.92 Å². The average Bonchev–Trinajstić information content (AvgIpc) is 2.69. The van der Waals surface area contributed by atoms with Gasteiger partial charge in [0.1, 0.15) is 11.4 Å². The number of aryl methyl sites for hydroxylation is 1. The zero-order valence-corrected chi connectivity index (χ0v) is 14.2. The third-order valence-electron chi connectivity index (χ3n) is 4.15. The van der Waals surface area contributed by atoms with E-state index in [0.29, 0.717) is 11.5 Å². The lowest BCUT2D eigenvalue weighted by molar-refractivity contribution is 0.477. The Bertz CT molecular complexity index is 1110. The maximum atomic E-state index is 10.2. The molecule has 4 aromatic rings. The Balaban J connectivity index is 1.71. The van der Waals surface area contributed by atoms with E-state index >= 15 is 0 Å². The van der Waals surface area contributed by atoms with E-state index in [1.54, 1.807) is 6.07 Å². The number of hydrogen-bond acceptors (Lipinski definition) is 5. The Kier molecular flexibility index (Phi) is 4.11. The fourth-order valence-corrected chi connectivity index (χ4v) is 2.77. The summed E-state index contributed by atoms with van der Waals surface area (Å²) in [4.78, 5) is 0. The Labute approximate surface area is 150 Å². The highest BCUT2D eigenvalue weighted by Crippen LogP contribution is 2.36. The Morgan fingerprint density at radius 1 is 0.808 bits per heavy atom. The number of fused-ring (bicyclic) bond motifs is 1. The van der Waals surface area contributed by atoms with Gasteiger partial charge in [-0.15, -0.1) is 20.4 Å². The first kappa shape index (κ1) is 15.9. The molecule has 126 valence electrons. The fraction of sp³-hybridized carbons (Fsp3) is 0.0476. The van der Waals surface area contributed by atoms with Crippen LogP contribution < -0.4 is 0 Å². The summed E-state index contributed by atoms with van der Waals surface area (Å²) in [5.74, 6) is 0.510. The molecule has 0 unspecified atom stereocenters. The van der Waals surface area contributed by atoms with Crippen LogP contribution in [0.25, 0.3) is 22.0 Å². The molecule has 0 saturated heterocycles. The van der Waals surface area contributed by atoms with E-state index in [0.717, 1.165) is 27.6 Å². The molecular weight excluding hydrogens is 324 g/mol. The van der Waals surface area contributed by atoms with Gasteiger partial charge in [-0.25, -0.2) is 0 Å². The summed E-state index contributed by atoms with van der Waals surface area (Å²) in [7, 11) is 0. The van der Waals surface area contributed by atoms with Gasteiger partial charge >= 0.3 is 0 Å². The molecule has 0 amide bonds. The van der Waals surface area contributed by atoms with Crippen LogP contribution >= 0.6 is 0 Å². The van der Waals surface area contributed by atoms with Crippen LogP contribution in [0.15, 0.2) is 83.0 Å². The zero-order chi connectivity index (χ0) is 17.9. The summed E-state index contributed by atoms with van der Waals surface area (Å²) in [6, 6.07) is 23.0. The second kappa shape index (κ2) is 6.72. The maximum Gasteiger partial charge on any atom is 0.199 e. The standard InChI is InChI=1S/C21H16N4O/c1-14-13-18(16-8-3-2-4-9-16)22-24-21(14)25-23-20-17-10-6-5-7-15(17)11-12-19(20)26/h2-13,26H,1H3. The van der Waals surface area contributed by atoms with Gasteiger partial charge in [-0.2, -0.15) is 0 Å². The molecular formula is C21H16N4O. The number of aromatic hydroxyl groups is 1. The van der Waals surface area contributed by atoms with Gasteiger partial charge in [0.2, 0.25) is 0 Å². The normalized spacial score (nSPS) is 11.3. The molecule has 0 bridgehead atoms. The summed E-state index contributed by atoms with van der Waals surface area (Å²) < 4.78 is 0. The molecule has 0 aliphatic carbocycles. The van der Waals surface area contributed by atoms with Gasteiger partial charge in [0.25, 0.3) is 0 Å². The number of nitrogens with zero attached hydrogens (tertiary/aromatic N) is 4. The molecule has 1 aromatic heterocycles. The molecule has 0 saturated carbocycles. The summed E-state index contributed by atoms with van der Waals surface area (Å²) in [5, 5.41) is 28.9. The van der Waals surface area contributed by atoms with Gasteiger partial charge in [0, 0.05) is 10.9 Å². The van der Waals surface area contributed by atoms with E-state index in [9.17, 15) is 5.11 Å². The topological polar surface area (TPSA) is 70.7 Å². The molecule has 0 atom stereocenters. The summed E-state index contributed by atoms with van der Waals surface area (Å²) in [5.41, 5.74) is 3.08. The van der Waals surface area contributed by atoms with E-state index in [-0.39, 0.29) is 5.75 Å². The van der Waals surface area contributed by atoms with E-state index in [1.165, 1.54) is 0 Å². The van der Waals surface area contributed by atoms with Gasteiger partial charge in [-0.05, 0) is 30.0 Å². The van der Waals surface area contributed by atoms with Crippen LogP contribution in [-0.4, -0.2) is 15.3 Å². The largest absolute Gasteiger partial charge is 0.506 e. The van der Waals surface area contributed by atoms with E-state index in [2.05, 4.69) is 20.4 Å². The van der Waals surface area contributed by atoms with Crippen LogP contribution in [-0.2, 0) is 0 Å². The molecule has 0 radical (unpaired) electrons. The van der Waals surface area contributed by atoms with Crippen LogP contribution in [0.4, 0.5) is 11.5 Å². The summed E-state index contributed by atoms with van der Waals surface area (Å²) >= 11 is 0. The van der Waals surface area contributed by atoms with Crippen LogP contribution in [0.5, 0.6) is 5.75 Å². The van der Waals surface area contributed by atoms with Crippen molar-refractivity contribution in [3.05, 3.63) is 78.4 Å². The average molecular weight is 340 g/mol. The number of azo groups is 1. The van der Waals surface area contributed by atoms with Crippen molar-refractivity contribution < 1.29 is 5.11 Å². The van der Waals surface area contributed by atoms with Gasteiger partial charge in [-0.3, -0.25) is 0 Å². The number of aromatic nitrogens is 2. The number of phenols is 1. The smallest absolute Gasteiger partial charge is 0.199 e. The van der Waals surface area contributed by atoms with E-state index < -0.39 is 0 Å². The minimum Gasteiger partial charge on any atom is -0.506 e. The quantitative estimate of drug-likeness (QED) is 0.484. The molecule has 5 heteroatoms. The highest BCUT2D eigenvalue weighted by Gasteiger charge is 2.08. The molecule has 26 heavy (non-hydrogen) atoms. The number of hydrogen-bond donors (Lipinski definition) is 1. The van der Waals surface area contributed by atoms with Crippen LogP contribution in [0.3, 0.4) is 0 Å². The molecule has 1 N–H and O–H groups in total. The van der Waals surface area contributed by atoms with Crippen molar-refractivity contribution in [2.45, 2.75) is 6.92 Å². The Morgan fingerprint density at radius 3 is 2.38 bits per heavy atom. The SMILES string of the molecule is Cc1cc(-c2ccccc2)nnc1N=Nc1c(O)ccc2ccccc12. The molecule has 1 heterocycles. The Morgan fingerprint density at radius 2 is 1.58 bits per heavy atom. The zero-order valence-electron chi connectivity index (χ0n) is 14.2. The van der Waals surface area contributed by atoms with Gasteiger partial charge in [0.05, 0.1) is 5.69 Å². The Hall–Kier alpha value is -3.60. The van der Waals surface area contributed by atoms with Crippen LogP contribution in [0.1, 0.15) is 5.56 Å². The number of benzene rings is 3. The summed E-state index contributed by atoms with van der Waals surface area (Å²) in [6.07, 6.45) is 0. The number of phenolic OH excluding ortho intramolecular Hbond substituents is 1. The lowest BCUT2D eigenvalue weighted by Gasteiger charge is -2.05. The molecule has 0 fully saturated rings. The van der Waals surface area contributed by atoms with Crippen molar-refractivity contribution in [1.29, 1.82) is 0 Å². The highest BCUT2D eigenvalue weighted by molar-refractivity contribution is 5.95. The first-order valence-electron chi connectivity index (χ1n) is 8.24. The van der Waals surface area contributed by atoms with Crippen molar-refractivity contribution in [1.82, 2.24) is 10.2 Å². The third kappa shape index (κ3) is 3.02. The lowest BCUT2D eigenvalue weighted by atomic mass is 10.1. The van der Waals surface area contributed by atoms with Crippen molar-refractivity contribution >= 4 is 22.3 Å². The fourth-order valence-electron chi connectivity index (χ4n) is 2.77. The maximum absolute atomic E-state index is 10.2. The van der Waals surface area contributed by atoms with Crippen molar-refractivity contribution in [3.63, 3.8) is 0 Å².